The van der Waals surface area contributed by atoms with E-state index in [0.717, 1.165) is 22.3 Å². The number of carbonyl (C=O) groups excluding carboxylic acids is 3. The first kappa shape index (κ1) is 33.9. The number of aliphatic hydroxyl groups is 1. The van der Waals surface area contributed by atoms with Crippen LogP contribution in [0.3, 0.4) is 0 Å². The maximum Gasteiger partial charge on any atom is 0.258 e. The van der Waals surface area contributed by atoms with E-state index in [1.807, 2.05) is 107 Å². The van der Waals surface area contributed by atoms with Crippen LogP contribution >= 0.6 is 11.8 Å². The number of para-hydroxylation sites is 2. The number of aryl methyl sites for hydroxylation is 2. The average Bonchev–Trinajstić information content (AvgIpc) is 3.34. The Hall–Kier alpha value is -4.02. The number of aliphatic hydroxyl groups excluding tert-OH is 1. The van der Waals surface area contributed by atoms with Crippen LogP contribution in [0, 0.1) is 13.8 Å². The van der Waals surface area contributed by atoms with Crippen LogP contribution < -0.4 is 20.1 Å². The van der Waals surface area contributed by atoms with Crippen molar-refractivity contribution in [3.8, 4) is 11.5 Å². The van der Waals surface area contributed by atoms with E-state index in [2.05, 4.69) is 10.6 Å². The van der Waals surface area contributed by atoms with Gasteiger partial charge in [0.05, 0.1) is 18.5 Å². The molecular weight excluding hydrogens is 590 g/mol. The molecule has 1 aliphatic heterocycles. The van der Waals surface area contributed by atoms with E-state index in [-0.39, 0.29) is 31.4 Å². The standard InChI is InChI=1S/C35H43N3O6S/c1-6-43-28-18-11-10-17-26(28)20-36-33(41)32-35(4,5)45-22-38(32)34(42)30(40)27(19-25-15-8-7-9-16-25)37-29(39)21-44-31-23(2)13-12-14-24(31)3/h7-18,27,30,32,40H,6,19-22H2,1-5H3,(H,36,41)(H,37,39)/t27-,30-,32+/m0/s1. The summed E-state index contributed by atoms with van der Waals surface area (Å²) >= 11 is 1.46. The molecule has 0 radical (unpaired) electrons. The molecule has 0 bridgehead atoms. The molecule has 1 aliphatic rings. The van der Waals surface area contributed by atoms with E-state index in [1.165, 1.54) is 16.7 Å². The lowest BCUT2D eigenvalue weighted by Crippen LogP contribution is -2.59. The zero-order valence-corrected chi connectivity index (χ0v) is 27.4. The van der Waals surface area contributed by atoms with Gasteiger partial charge in [0.1, 0.15) is 17.5 Å². The predicted octanol–water partition coefficient (Wildman–Crippen LogP) is 4.17. The highest BCUT2D eigenvalue weighted by atomic mass is 32.2. The third-order valence-electron chi connectivity index (χ3n) is 7.84. The summed E-state index contributed by atoms with van der Waals surface area (Å²) in [7, 11) is 0. The number of hydrogen-bond donors (Lipinski definition) is 3. The van der Waals surface area contributed by atoms with Crippen LogP contribution in [-0.2, 0) is 27.3 Å². The van der Waals surface area contributed by atoms with Crippen molar-refractivity contribution >= 4 is 29.5 Å². The molecule has 240 valence electrons. The summed E-state index contributed by atoms with van der Waals surface area (Å²) < 4.78 is 10.9. The number of ether oxygens (including phenoxy) is 2. The van der Waals surface area contributed by atoms with Gasteiger partial charge in [0.2, 0.25) is 5.91 Å². The van der Waals surface area contributed by atoms with Crippen LogP contribution in [0.4, 0.5) is 0 Å². The van der Waals surface area contributed by atoms with Gasteiger partial charge in [-0.2, -0.15) is 0 Å². The Morgan fingerprint density at radius 3 is 2.33 bits per heavy atom. The highest BCUT2D eigenvalue weighted by Crippen LogP contribution is 2.40. The third-order valence-corrected chi connectivity index (χ3v) is 9.21. The van der Waals surface area contributed by atoms with Crippen molar-refractivity contribution in [3.05, 3.63) is 95.1 Å². The number of nitrogens with one attached hydrogen (secondary N) is 2. The quantitative estimate of drug-likeness (QED) is 0.259. The Morgan fingerprint density at radius 1 is 0.978 bits per heavy atom. The third kappa shape index (κ3) is 8.58. The van der Waals surface area contributed by atoms with Crippen molar-refractivity contribution < 1.29 is 29.0 Å². The fourth-order valence-electron chi connectivity index (χ4n) is 5.50. The molecule has 1 saturated heterocycles. The maximum absolute atomic E-state index is 13.9. The lowest BCUT2D eigenvalue weighted by atomic mass is 9.97. The number of carbonyl (C=O) groups is 3. The SMILES string of the molecule is CCOc1ccccc1CNC(=O)[C@H]1N(C(=O)[C@@H](O)[C@H](Cc2ccccc2)NC(=O)COc2c(C)cccc2C)CSC1(C)C. The fourth-order valence-corrected chi connectivity index (χ4v) is 6.64. The van der Waals surface area contributed by atoms with Gasteiger partial charge in [-0.25, -0.2) is 0 Å². The number of hydrogen-bond acceptors (Lipinski definition) is 7. The van der Waals surface area contributed by atoms with Gasteiger partial charge in [0.25, 0.3) is 11.8 Å². The molecular formula is C35H43N3O6S. The maximum atomic E-state index is 13.9. The van der Waals surface area contributed by atoms with Gasteiger partial charge in [-0.05, 0) is 63.8 Å². The largest absolute Gasteiger partial charge is 0.494 e. The minimum Gasteiger partial charge on any atom is -0.494 e. The van der Waals surface area contributed by atoms with Crippen molar-refractivity contribution in [1.29, 1.82) is 0 Å². The summed E-state index contributed by atoms with van der Waals surface area (Å²) in [6.45, 7) is 9.96. The smallest absolute Gasteiger partial charge is 0.258 e. The molecule has 0 spiro atoms. The molecule has 3 atom stereocenters. The zero-order valence-electron chi connectivity index (χ0n) is 26.5. The molecule has 3 aromatic rings. The van der Waals surface area contributed by atoms with Gasteiger partial charge in [0, 0.05) is 16.9 Å². The fraction of sp³-hybridized carbons (Fsp3) is 0.400. The van der Waals surface area contributed by atoms with Crippen LogP contribution in [-0.4, -0.2) is 69.8 Å². The normalized spacial score (nSPS) is 16.8. The lowest BCUT2D eigenvalue weighted by molar-refractivity contribution is -0.148. The molecule has 1 heterocycles. The minimum absolute atomic E-state index is 0.207. The molecule has 0 aliphatic carbocycles. The van der Waals surface area contributed by atoms with Crippen LogP contribution in [0.15, 0.2) is 72.8 Å². The zero-order chi connectivity index (χ0) is 32.6. The van der Waals surface area contributed by atoms with Crippen molar-refractivity contribution in [2.24, 2.45) is 0 Å². The van der Waals surface area contributed by atoms with Crippen molar-refractivity contribution in [3.63, 3.8) is 0 Å². The molecule has 0 unspecified atom stereocenters. The number of rotatable bonds is 13. The van der Waals surface area contributed by atoms with Gasteiger partial charge in [0.15, 0.2) is 12.7 Å². The Kier molecular flexibility index (Phi) is 11.5. The van der Waals surface area contributed by atoms with Crippen LogP contribution in [0.25, 0.3) is 0 Å². The molecule has 9 nitrogen and oxygen atoms in total. The van der Waals surface area contributed by atoms with Crippen LogP contribution in [0.1, 0.15) is 43.0 Å². The summed E-state index contributed by atoms with van der Waals surface area (Å²) in [6.07, 6.45) is -1.39. The Morgan fingerprint density at radius 2 is 1.64 bits per heavy atom. The number of amides is 3. The van der Waals surface area contributed by atoms with Crippen molar-refractivity contribution in [1.82, 2.24) is 15.5 Å². The van der Waals surface area contributed by atoms with Gasteiger partial charge in [-0.3, -0.25) is 14.4 Å². The van der Waals surface area contributed by atoms with E-state index in [0.29, 0.717) is 18.1 Å². The summed E-state index contributed by atoms with van der Waals surface area (Å²) in [4.78, 5) is 42.1. The van der Waals surface area contributed by atoms with Gasteiger partial charge >= 0.3 is 0 Å². The molecule has 3 aromatic carbocycles. The molecule has 1 fully saturated rings. The van der Waals surface area contributed by atoms with Crippen molar-refractivity contribution in [2.45, 2.75) is 70.5 Å². The topological polar surface area (TPSA) is 117 Å². The second kappa shape index (κ2) is 15.3. The highest BCUT2D eigenvalue weighted by molar-refractivity contribution is 8.00. The van der Waals surface area contributed by atoms with Gasteiger partial charge in [-0.1, -0.05) is 66.7 Å². The molecule has 0 saturated carbocycles. The summed E-state index contributed by atoms with van der Waals surface area (Å²) in [5, 5.41) is 17.3. The monoisotopic (exact) mass is 633 g/mol. The van der Waals surface area contributed by atoms with E-state index >= 15 is 0 Å². The predicted molar refractivity (Wildman–Crippen MR) is 176 cm³/mol. The number of benzene rings is 3. The molecule has 10 heteroatoms. The molecule has 4 rings (SSSR count). The minimum atomic E-state index is -1.60. The summed E-state index contributed by atoms with van der Waals surface area (Å²) in [5.74, 6) is 0.104. The first-order valence-electron chi connectivity index (χ1n) is 15.1. The van der Waals surface area contributed by atoms with Crippen LogP contribution in [0.5, 0.6) is 11.5 Å². The first-order chi connectivity index (χ1) is 21.5. The van der Waals surface area contributed by atoms with E-state index in [4.69, 9.17) is 9.47 Å². The summed E-state index contributed by atoms with van der Waals surface area (Å²) in [5.41, 5.74) is 3.46. The number of thioether (sulfide) groups is 1. The van der Waals surface area contributed by atoms with Crippen molar-refractivity contribution in [2.75, 3.05) is 19.1 Å². The number of nitrogens with zero attached hydrogens (tertiary/aromatic N) is 1. The van der Waals surface area contributed by atoms with Crippen LogP contribution in [0.2, 0.25) is 0 Å². The molecule has 45 heavy (non-hydrogen) atoms. The Bertz CT molecular complexity index is 1460. The second-order valence-electron chi connectivity index (χ2n) is 11.7. The summed E-state index contributed by atoms with van der Waals surface area (Å²) in [6, 6.07) is 20.7. The average molecular weight is 634 g/mol. The van der Waals surface area contributed by atoms with E-state index in [1.54, 1.807) is 0 Å². The Labute approximate surface area is 269 Å². The molecule has 3 amide bonds. The second-order valence-corrected chi connectivity index (χ2v) is 13.3. The lowest BCUT2D eigenvalue weighted by Gasteiger charge is -2.33. The van der Waals surface area contributed by atoms with Gasteiger partial charge < -0.3 is 30.1 Å². The molecule has 3 N–H and O–H groups in total. The first-order valence-corrected chi connectivity index (χ1v) is 16.1. The highest BCUT2D eigenvalue weighted by Gasteiger charge is 2.49. The van der Waals surface area contributed by atoms with Gasteiger partial charge in [-0.15, -0.1) is 11.8 Å². The molecule has 0 aromatic heterocycles. The van der Waals surface area contributed by atoms with E-state index in [9.17, 15) is 19.5 Å². The Balaban J connectivity index is 1.49. The van der Waals surface area contributed by atoms with E-state index < -0.39 is 34.7 Å².